The van der Waals surface area contributed by atoms with Crippen molar-refractivity contribution < 1.29 is 13.2 Å². The molecule has 1 fully saturated rings. The maximum atomic E-state index is 13.2. The van der Waals surface area contributed by atoms with E-state index in [0.717, 1.165) is 29.6 Å². The minimum Gasteiger partial charge on any atom is -0.337 e. The second-order valence-electron chi connectivity index (χ2n) is 8.70. The van der Waals surface area contributed by atoms with Crippen LogP contribution in [0.4, 0.5) is 11.5 Å². The molecular weight excluding hydrogens is 466 g/mol. The molecule has 4 heterocycles. The number of carbonyl (C=O) groups excluding carboxylic acids is 1. The van der Waals surface area contributed by atoms with Crippen molar-refractivity contribution in [2.45, 2.75) is 30.7 Å². The molecule has 0 radical (unpaired) electrons. The van der Waals surface area contributed by atoms with Crippen LogP contribution >= 0.6 is 0 Å². The van der Waals surface area contributed by atoms with Crippen LogP contribution in [0.15, 0.2) is 60.0 Å². The number of rotatable bonds is 5. The number of benzene rings is 1. The number of aromatic amines is 1. The first kappa shape index (κ1) is 22.9. The van der Waals surface area contributed by atoms with Crippen LogP contribution in [0.5, 0.6) is 0 Å². The van der Waals surface area contributed by atoms with Gasteiger partial charge in [0.15, 0.2) is 15.5 Å². The summed E-state index contributed by atoms with van der Waals surface area (Å²) >= 11 is 0. The zero-order chi connectivity index (χ0) is 24.6. The van der Waals surface area contributed by atoms with Gasteiger partial charge in [-0.1, -0.05) is 0 Å². The summed E-state index contributed by atoms with van der Waals surface area (Å²) in [7, 11) is -3.33. The van der Waals surface area contributed by atoms with Gasteiger partial charge in [-0.15, -0.1) is 0 Å². The van der Waals surface area contributed by atoms with E-state index in [1.807, 2.05) is 17.9 Å². The Morgan fingerprint density at radius 2 is 1.89 bits per heavy atom. The molecule has 10 nitrogen and oxygen atoms in total. The number of carbonyl (C=O) groups is 1. The first-order valence-corrected chi connectivity index (χ1v) is 13.2. The van der Waals surface area contributed by atoms with E-state index in [1.165, 1.54) is 12.6 Å². The minimum absolute atomic E-state index is 0.0641. The summed E-state index contributed by atoms with van der Waals surface area (Å²) in [5, 5.41) is 7.73. The number of fused-ring (bicyclic) bond motifs is 1. The van der Waals surface area contributed by atoms with Crippen LogP contribution in [0.1, 0.15) is 28.9 Å². The highest BCUT2D eigenvalue weighted by atomic mass is 32.2. The largest absolute Gasteiger partial charge is 0.337 e. The maximum absolute atomic E-state index is 13.2. The molecule has 0 spiro atoms. The van der Waals surface area contributed by atoms with Crippen LogP contribution in [-0.2, 0) is 9.84 Å². The third-order valence-corrected chi connectivity index (χ3v) is 7.33. The summed E-state index contributed by atoms with van der Waals surface area (Å²) in [6.45, 7) is 3.01. The van der Waals surface area contributed by atoms with E-state index in [4.69, 9.17) is 0 Å². The summed E-state index contributed by atoms with van der Waals surface area (Å²) in [4.78, 5) is 30.5. The molecule has 1 saturated heterocycles. The number of piperidine rings is 1. The summed E-state index contributed by atoms with van der Waals surface area (Å²) in [6, 6.07) is 10.3. The number of H-pyrrole nitrogens is 1. The number of sulfone groups is 1. The second kappa shape index (κ2) is 9.06. The number of likely N-dealkylation sites (tertiary alicyclic amines) is 1. The smallest absolute Gasteiger partial charge is 0.255 e. The number of pyridine rings is 1. The zero-order valence-corrected chi connectivity index (χ0v) is 20.2. The number of aryl methyl sites for hydroxylation is 1. The summed E-state index contributed by atoms with van der Waals surface area (Å²) in [6.07, 6.45) is 7.58. The van der Waals surface area contributed by atoms with Crippen molar-refractivity contribution in [3.05, 3.63) is 66.4 Å². The molecule has 1 atom stereocenters. The van der Waals surface area contributed by atoms with Crippen molar-refractivity contribution in [3.63, 3.8) is 0 Å². The van der Waals surface area contributed by atoms with E-state index in [-0.39, 0.29) is 16.8 Å². The molecule has 3 aromatic heterocycles. The maximum Gasteiger partial charge on any atom is 0.255 e. The SMILES string of the molecule is Cc1ccc(C(=O)N2CCCC(N(c3ccc(S(C)(=O)=O)cc3)c3ncnc4[nH]ncc34)C2)cn1. The lowest BCUT2D eigenvalue weighted by atomic mass is 10.0. The molecule has 1 aromatic carbocycles. The van der Waals surface area contributed by atoms with Crippen molar-refractivity contribution in [1.29, 1.82) is 0 Å². The Kier molecular flexibility index (Phi) is 5.93. The Morgan fingerprint density at radius 1 is 1.09 bits per heavy atom. The fraction of sp³-hybridized carbons (Fsp3) is 0.292. The standard InChI is InChI=1S/C24H25N7O3S/c1-16-5-6-17(12-25-16)24(32)30-11-3-4-19(14-30)31(18-7-9-20(10-8-18)35(2,33)34)23-21-13-28-29-22(21)26-15-27-23/h5-10,12-13,15,19H,3-4,11,14H2,1-2H3,(H,26,27,28,29). The molecule has 0 saturated carbocycles. The molecule has 1 aliphatic rings. The topological polar surface area (TPSA) is 125 Å². The van der Waals surface area contributed by atoms with Crippen molar-refractivity contribution in [3.8, 4) is 0 Å². The van der Waals surface area contributed by atoms with Crippen molar-refractivity contribution >= 4 is 38.3 Å². The summed E-state index contributed by atoms with van der Waals surface area (Å²) in [5.41, 5.74) is 2.78. The van der Waals surface area contributed by atoms with Crippen LogP contribution < -0.4 is 4.90 Å². The Balaban J connectivity index is 1.53. The molecule has 5 rings (SSSR count). The van der Waals surface area contributed by atoms with Gasteiger partial charge in [0.05, 0.1) is 28.1 Å². The fourth-order valence-electron chi connectivity index (χ4n) is 4.43. The van der Waals surface area contributed by atoms with Crippen molar-refractivity contribution in [1.82, 2.24) is 30.0 Å². The average Bonchev–Trinajstić information content (AvgIpc) is 3.34. The minimum atomic E-state index is -3.33. The van der Waals surface area contributed by atoms with Gasteiger partial charge < -0.3 is 9.80 Å². The van der Waals surface area contributed by atoms with Gasteiger partial charge in [0.2, 0.25) is 0 Å². The van der Waals surface area contributed by atoms with Gasteiger partial charge in [0.1, 0.15) is 12.1 Å². The molecule has 0 aliphatic carbocycles. The van der Waals surface area contributed by atoms with Crippen molar-refractivity contribution in [2.24, 2.45) is 0 Å². The van der Waals surface area contributed by atoms with Gasteiger partial charge in [-0.2, -0.15) is 5.10 Å². The summed E-state index contributed by atoms with van der Waals surface area (Å²) < 4.78 is 24.0. The van der Waals surface area contributed by atoms with Crippen LogP contribution in [0, 0.1) is 6.92 Å². The first-order chi connectivity index (χ1) is 16.8. The van der Waals surface area contributed by atoms with Crippen LogP contribution in [-0.4, -0.2) is 69.8 Å². The van der Waals surface area contributed by atoms with Gasteiger partial charge in [0, 0.05) is 36.9 Å². The number of hydrogen-bond donors (Lipinski definition) is 1. The molecule has 35 heavy (non-hydrogen) atoms. The van der Waals surface area contributed by atoms with Crippen LogP contribution in [0.3, 0.4) is 0 Å². The number of hydrogen-bond acceptors (Lipinski definition) is 8. The number of nitrogens with zero attached hydrogens (tertiary/aromatic N) is 6. The number of amides is 1. The number of nitrogens with one attached hydrogen (secondary N) is 1. The van der Waals surface area contributed by atoms with E-state index in [0.29, 0.717) is 30.1 Å². The van der Waals surface area contributed by atoms with Gasteiger partial charge >= 0.3 is 0 Å². The zero-order valence-electron chi connectivity index (χ0n) is 19.4. The lowest BCUT2D eigenvalue weighted by molar-refractivity contribution is 0.0708. The molecule has 0 bridgehead atoms. The molecular formula is C24H25N7O3S. The van der Waals surface area contributed by atoms with Gasteiger partial charge in [-0.3, -0.25) is 14.9 Å². The van der Waals surface area contributed by atoms with E-state index in [9.17, 15) is 13.2 Å². The van der Waals surface area contributed by atoms with Gasteiger partial charge in [0.25, 0.3) is 5.91 Å². The Morgan fingerprint density at radius 3 is 2.60 bits per heavy atom. The predicted octanol–water partition coefficient (Wildman–Crippen LogP) is 2.90. The molecule has 180 valence electrons. The third kappa shape index (κ3) is 4.59. The molecule has 1 aliphatic heterocycles. The Hall–Kier alpha value is -3.86. The highest BCUT2D eigenvalue weighted by Gasteiger charge is 2.31. The number of anilines is 2. The molecule has 4 aromatic rings. The van der Waals surface area contributed by atoms with E-state index in [2.05, 4.69) is 30.0 Å². The predicted molar refractivity (Wildman–Crippen MR) is 131 cm³/mol. The highest BCUT2D eigenvalue weighted by Crippen LogP contribution is 2.34. The fourth-order valence-corrected chi connectivity index (χ4v) is 5.06. The molecule has 1 N–H and O–H groups in total. The lowest BCUT2D eigenvalue weighted by Gasteiger charge is -2.40. The first-order valence-electron chi connectivity index (χ1n) is 11.3. The molecule has 1 amide bonds. The average molecular weight is 492 g/mol. The highest BCUT2D eigenvalue weighted by molar-refractivity contribution is 7.90. The van der Waals surface area contributed by atoms with Gasteiger partial charge in [-0.25, -0.2) is 18.4 Å². The van der Waals surface area contributed by atoms with Crippen molar-refractivity contribution in [2.75, 3.05) is 24.2 Å². The van der Waals surface area contributed by atoms with Crippen LogP contribution in [0.25, 0.3) is 11.0 Å². The molecule has 1 unspecified atom stereocenters. The Labute approximate surface area is 203 Å². The van der Waals surface area contributed by atoms with E-state index < -0.39 is 9.84 Å². The summed E-state index contributed by atoms with van der Waals surface area (Å²) in [5.74, 6) is 0.581. The lowest BCUT2D eigenvalue weighted by Crippen LogP contribution is -2.48. The van der Waals surface area contributed by atoms with E-state index in [1.54, 1.807) is 42.7 Å². The number of aromatic nitrogens is 5. The Bertz CT molecular complexity index is 1470. The van der Waals surface area contributed by atoms with Gasteiger partial charge in [-0.05, 0) is 56.2 Å². The van der Waals surface area contributed by atoms with E-state index >= 15 is 0 Å². The normalized spacial score (nSPS) is 16.4. The second-order valence-corrected chi connectivity index (χ2v) is 10.7. The quantitative estimate of drug-likeness (QED) is 0.452. The van der Waals surface area contributed by atoms with Crippen LogP contribution in [0.2, 0.25) is 0 Å². The third-order valence-electron chi connectivity index (χ3n) is 6.21. The molecule has 11 heteroatoms. The monoisotopic (exact) mass is 491 g/mol.